The minimum atomic E-state index is -0.637. The lowest BCUT2D eigenvalue weighted by molar-refractivity contribution is -0.142. The van der Waals surface area contributed by atoms with Crippen molar-refractivity contribution in [3.63, 3.8) is 0 Å². The molecule has 2 aromatic rings. The van der Waals surface area contributed by atoms with Crippen LogP contribution in [0.15, 0.2) is 42.5 Å². The number of ether oxygens (including phenoxy) is 1. The van der Waals surface area contributed by atoms with Gasteiger partial charge in [0.05, 0.1) is 6.61 Å². The number of rotatable bonds is 10. The molecule has 2 aromatic carbocycles. The zero-order valence-electron chi connectivity index (χ0n) is 20.1. The van der Waals surface area contributed by atoms with E-state index in [4.69, 9.17) is 27.9 Å². The van der Waals surface area contributed by atoms with Crippen molar-refractivity contribution in [1.82, 2.24) is 10.2 Å². The molecule has 0 aliphatic rings. The fourth-order valence-corrected chi connectivity index (χ4v) is 3.93. The summed E-state index contributed by atoms with van der Waals surface area (Å²) in [6, 6.07) is 12.4. The molecule has 2 amide bonds. The summed E-state index contributed by atoms with van der Waals surface area (Å²) in [5.41, 5.74) is 1.38. The average molecular weight is 493 g/mol. The molecule has 0 aliphatic heterocycles. The van der Waals surface area contributed by atoms with E-state index in [1.54, 1.807) is 23.1 Å². The number of carbonyl (C=O) groups excluding carboxylic acids is 2. The Labute approximate surface area is 207 Å². The van der Waals surface area contributed by atoms with Gasteiger partial charge < -0.3 is 15.0 Å². The largest absolute Gasteiger partial charge is 0.494 e. The fourth-order valence-electron chi connectivity index (χ4n) is 3.42. The van der Waals surface area contributed by atoms with Crippen molar-refractivity contribution in [2.24, 2.45) is 0 Å². The predicted octanol–water partition coefficient (Wildman–Crippen LogP) is 6.18. The summed E-state index contributed by atoms with van der Waals surface area (Å²) in [5.74, 6) is 0.426. The lowest BCUT2D eigenvalue weighted by atomic mass is 10.0. The summed E-state index contributed by atoms with van der Waals surface area (Å²) in [7, 11) is 0. The molecule has 33 heavy (non-hydrogen) atoms. The van der Waals surface area contributed by atoms with Gasteiger partial charge >= 0.3 is 0 Å². The van der Waals surface area contributed by atoms with Gasteiger partial charge in [-0.25, -0.2) is 0 Å². The topological polar surface area (TPSA) is 58.6 Å². The number of nitrogens with zero attached hydrogens (tertiary/aromatic N) is 1. The zero-order valence-corrected chi connectivity index (χ0v) is 21.6. The van der Waals surface area contributed by atoms with Crippen LogP contribution >= 0.6 is 23.2 Å². The predicted molar refractivity (Wildman–Crippen MR) is 135 cm³/mol. The van der Waals surface area contributed by atoms with Gasteiger partial charge in [-0.2, -0.15) is 0 Å². The Morgan fingerprint density at radius 3 is 2.21 bits per heavy atom. The Kier molecular flexibility index (Phi) is 10.1. The summed E-state index contributed by atoms with van der Waals surface area (Å²) in [5, 5.41) is 3.92. The summed E-state index contributed by atoms with van der Waals surface area (Å²) in [6.45, 7) is 10.2. The second-order valence-corrected chi connectivity index (χ2v) is 9.96. The van der Waals surface area contributed by atoms with Crippen LogP contribution in [0.1, 0.15) is 58.1 Å². The maximum atomic E-state index is 13.3. The SMILES string of the molecule is CC[C@@H](C(=O)NC(C)(C)C)N(Cc1c(Cl)cccc1Cl)C(=O)CCCOc1ccc(C)cc1. The van der Waals surface area contributed by atoms with E-state index in [9.17, 15) is 9.59 Å². The fraction of sp³-hybridized carbons (Fsp3) is 0.462. The number of amides is 2. The lowest BCUT2D eigenvalue weighted by Gasteiger charge is -2.33. The van der Waals surface area contributed by atoms with Crippen molar-refractivity contribution >= 4 is 35.0 Å². The van der Waals surface area contributed by atoms with Crippen molar-refractivity contribution in [3.05, 3.63) is 63.6 Å². The number of hydrogen-bond donors (Lipinski definition) is 1. The molecule has 0 aliphatic carbocycles. The number of nitrogens with one attached hydrogen (secondary N) is 1. The van der Waals surface area contributed by atoms with Crippen molar-refractivity contribution in [2.75, 3.05) is 6.61 Å². The molecule has 0 spiro atoms. The molecule has 180 valence electrons. The molecule has 0 fully saturated rings. The van der Waals surface area contributed by atoms with Crippen LogP contribution in [-0.4, -0.2) is 34.9 Å². The highest BCUT2D eigenvalue weighted by molar-refractivity contribution is 6.36. The summed E-state index contributed by atoms with van der Waals surface area (Å²) in [6.07, 6.45) is 1.24. The van der Waals surface area contributed by atoms with Crippen LogP contribution in [0.4, 0.5) is 0 Å². The smallest absolute Gasteiger partial charge is 0.243 e. The van der Waals surface area contributed by atoms with Crippen molar-refractivity contribution in [2.45, 2.75) is 72.0 Å². The van der Waals surface area contributed by atoms with Crippen LogP contribution in [0.3, 0.4) is 0 Å². The molecule has 5 nitrogen and oxygen atoms in total. The first-order valence-electron chi connectivity index (χ1n) is 11.3. The first-order chi connectivity index (χ1) is 15.5. The monoisotopic (exact) mass is 492 g/mol. The normalized spacial score (nSPS) is 12.2. The van der Waals surface area contributed by atoms with Crippen LogP contribution in [-0.2, 0) is 16.1 Å². The number of benzene rings is 2. The molecule has 0 heterocycles. The number of aryl methyl sites for hydroxylation is 1. The molecule has 0 unspecified atom stereocenters. The van der Waals surface area contributed by atoms with Gasteiger partial charge in [0.15, 0.2) is 0 Å². The molecule has 0 bridgehead atoms. The van der Waals surface area contributed by atoms with Gasteiger partial charge in [-0.15, -0.1) is 0 Å². The maximum Gasteiger partial charge on any atom is 0.243 e. The van der Waals surface area contributed by atoms with Crippen LogP contribution in [0.2, 0.25) is 10.0 Å². The number of halogens is 2. The van der Waals surface area contributed by atoms with Crippen molar-refractivity contribution < 1.29 is 14.3 Å². The van der Waals surface area contributed by atoms with Gasteiger partial charge in [-0.3, -0.25) is 9.59 Å². The van der Waals surface area contributed by atoms with E-state index in [-0.39, 0.29) is 24.8 Å². The van der Waals surface area contributed by atoms with Crippen LogP contribution < -0.4 is 10.1 Å². The first kappa shape index (κ1) is 27.0. The van der Waals surface area contributed by atoms with Crippen molar-refractivity contribution in [1.29, 1.82) is 0 Å². The quantitative estimate of drug-likeness (QED) is 0.402. The lowest BCUT2D eigenvalue weighted by Crippen LogP contribution is -2.53. The van der Waals surface area contributed by atoms with Crippen molar-refractivity contribution in [3.8, 4) is 5.75 Å². The van der Waals surface area contributed by atoms with E-state index in [0.717, 1.165) is 11.3 Å². The molecule has 0 saturated carbocycles. The molecule has 0 aromatic heterocycles. The van der Waals surface area contributed by atoms with Crippen LogP contribution in [0.25, 0.3) is 0 Å². The van der Waals surface area contributed by atoms with E-state index < -0.39 is 11.6 Å². The van der Waals surface area contributed by atoms with Gasteiger partial charge in [-0.1, -0.05) is 53.9 Å². The Balaban J connectivity index is 2.14. The highest BCUT2D eigenvalue weighted by Crippen LogP contribution is 2.27. The second kappa shape index (κ2) is 12.3. The molecular formula is C26H34Cl2N2O3. The zero-order chi connectivity index (χ0) is 24.6. The Morgan fingerprint density at radius 2 is 1.67 bits per heavy atom. The second-order valence-electron chi connectivity index (χ2n) is 9.15. The number of carbonyl (C=O) groups is 2. The molecule has 1 atom stereocenters. The standard InChI is InChI=1S/C26H34Cl2N2O3/c1-6-23(25(32)29-26(3,4)5)30(17-20-21(27)9-7-10-22(20)28)24(31)11-8-16-33-19-14-12-18(2)13-15-19/h7,9-10,12-15,23H,6,8,11,16-17H2,1-5H3,(H,29,32)/t23-/m0/s1. The maximum absolute atomic E-state index is 13.3. The summed E-state index contributed by atoms with van der Waals surface area (Å²) < 4.78 is 5.76. The third kappa shape index (κ3) is 8.56. The van der Waals surface area contributed by atoms with E-state index >= 15 is 0 Å². The molecule has 1 N–H and O–H groups in total. The minimum Gasteiger partial charge on any atom is -0.494 e. The van der Waals surface area contributed by atoms with Gasteiger partial charge in [0, 0.05) is 34.1 Å². The third-order valence-corrected chi connectivity index (χ3v) is 5.81. The van der Waals surface area contributed by atoms with Gasteiger partial charge in [0.25, 0.3) is 0 Å². The summed E-state index contributed by atoms with van der Waals surface area (Å²) in [4.78, 5) is 27.9. The Morgan fingerprint density at radius 1 is 1.06 bits per heavy atom. The first-order valence-corrected chi connectivity index (χ1v) is 12.0. The highest BCUT2D eigenvalue weighted by Gasteiger charge is 2.31. The number of hydrogen-bond acceptors (Lipinski definition) is 3. The Bertz CT molecular complexity index is 919. The van der Waals surface area contributed by atoms with E-state index in [1.807, 2.05) is 58.9 Å². The van der Waals surface area contributed by atoms with Gasteiger partial charge in [0.2, 0.25) is 11.8 Å². The van der Waals surface area contributed by atoms with E-state index in [1.165, 1.54) is 0 Å². The molecular weight excluding hydrogens is 459 g/mol. The average Bonchev–Trinajstić information content (AvgIpc) is 2.73. The molecule has 0 saturated heterocycles. The van der Waals surface area contributed by atoms with Gasteiger partial charge in [0.1, 0.15) is 11.8 Å². The molecule has 2 rings (SSSR count). The van der Waals surface area contributed by atoms with E-state index in [0.29, 0.717) is 35.1 Å². The van der Waals surface area contributed by atoms with E-state index in [2.05, 4.69) is 5.32 Å². The summed E-state index contributed by atoms with van der Waals surface area (Å²) >= 11 is 12.7. The molecule has 0 radical (unpaired) electrons. The third-order valence-electron chi connectivity index (χ3n) is 5.10. The molecule has 7 heteroatoms. The highest BCUT2D eigenvalue weighted by atomic mass is 35.5. The van der Waals surface area contributed by atoms with Crippen LogP contribution in [0, 0.1) is 6.92 Å². The Hall–Kier alpha value is -2.24. The van der Waals surface area contributed by atoms with Gasteiger partial charge in [-0.05, 0) is 64.8 Å². The van der Waals surface area contributed by atoms with Crippen LogP contribution in [0.5, 0.6) is 5.75 Å². The minimum absolute atomic E-state index is 0.144.